The number of methoxy groups -OCH3 is 1. The Bertz CT molecular complexity index is 1190. The van der Waals surface area contributed by atoms with E-state index in [1.807, 2.05) is 54.7 Å². The maximum atomic E-state index is 12.4. The molecule has 0 aliphatic heterocycles. The van der Waals surface area contributed by atoms with Gasteiger partial charge in [0, 0.05) is 54.1 Å². The van der Waals surface area contributed by atoms with Gasteiger partial charge in [0.15, 0.2) is 0 Å². The predicted octanol–water partition coefficient (Wildman–Crippen LogP) is 3.67. The van der Waals surface area contributed by atoms with Gasteiger partial charge in [-0.15, -0.1) is 0 Å². The molecule has 0 aliphatic rings. The lowest BCUT2D eigenvalue weighted by Crippen LogP contribution is -2.20. The monoisotopic (exact) mass is 411 g/mol. The van der Waals surface area contributed by atoms with Crippen LogP contribution in [0, 0.1) is 0 Å². The number of benzene rings is 1. The second-order valence-electron chi connectivity index (χ2n) is 6.68. The van der Waals surface area contributed by atoms with Crippen LogP contribution in [0.2, 0.25) is 0 Å². The van der Waals surface area contributed by atoms with Crippen molar-refractivity contribution in [3.8, 4) is 22.8 Å². The van der Waals surface area contributed by atoms with E-state index >= 15 is 0 Å². The Morgan fingerprint density at radius 2 is 1.94 bits per heavy atom. The molecule has 3 heterocycles. The molecule has 3 aromatic heterocycles. The number of nitrogens with one attached hydrogen (secondary N) is 1. The van der Waals surface area contributed by atoms with Crippen molar-refractivity contribution >= 4 is 12.0 Å². The Hall–Kier alpha value is -4.26. The summed E-state index contributed by atoms with van der Waals surface area (Å²) in [5, 5.41) is 7.57. The number of aromatic nitrogens is 4. The minimum Gasteiger partial charge on any atom is -0.481 e. The average molecular weight is 411 g/mol. The summed E-state index contributed by atoms with van der Waals surface area (Å²) in [6.07, 6.45) is 10.3. The van der Waals surface area contributed by atoms with Gasteiger partial charge in [0.2, 0.25) is 11.8 Å². The molecule has 0 atom stereocenters. The third-order valence-corrected chi connectivity index (χ3v) is 4.61. The van der Waals surface area contributed by atoms with E-state index in [0.717, 1.165) is 28.1 Å². The van der Waals surface area contributed by atoms with Crippen LogP contribution in [-0.4, -0.2) is 32.8 Å². The first-order valence-corrected chi connectivity index (χ1v) is 9.74. The highest BCUT2D eigenvalue weighted by atomic mass is 16.5. The van der Waals surface area contributed by atoms with E-state index in [9.17, 15) is 4.79 Å². The lowest BCUT2D eigenvalue weighted by molar-refractivity contribution is -0.116. The fourth-order valence-corrected chi connectivity index (χ4v) is 3.10. The van der Waals surface area contributed by atoms with Crippen LogP contribution in [0.1, 0.15) is 11.1 Å². The SMILES string of the molecule is COc1ncccc1CNC(=O)/C=C/c1cn(-c2ccccc2)nc1-c1cccnc1. The molecule has 31 heavy (non-hydrogen) atoms. The number of amides is 1. The molecular formula is C24H21N5O2. The standard InChI is InChI=1S/C24H21N5O2/c1-31-24-19(8-6-14-26-24)16-27-22(30)12-11-20-17-29(21-9-3-2-4-10-21)28-23(20)18-7-5-13-25-15-18/h2-15,17H,16H2,1H3,(H,27,30)/b12-11+. The van der Waals surface area contributed by atoms with Crippen LogP contribution >= 0.6 is 0 Å². The van der Waals surface area contributed by atoms with Crippen LogP contribution < -0.4 is 10.1 Å². The number of rotatable bonds is 7. The molecule has 1 N–H and O–H groups in total. The van der Waals surface area contributed by atoms with E-state index < -0.39 is 0 Å². The van der Waals surface area contributed by atoms with Gasteiger partial charge in [0.05, 0.1) is 12.8 Å². The number of para-hydroxylation sites is 1. The summed E-state index contributed by atoms with van der Waals surface area (Å²) in [4.78, 5) is 20.7. The molecule has 0 aliphatic carbocycles. The van der Waals surface area contributed by atoms with Crippen LogP contribution in [0.5, 0.6) is 5.88 Å². The van der Waals surface area contributed by atoms with Gasteiger partial charge >= 0.3 is 0 Å². The third kappa shape index (κ3) is 4.84. The Balaban J connectivity index is 1.56. The number of hydrogen-bond donors (Lipinski definition) is 1. The molecule has 0 spiro atoms. The molecule has 4 aromatic rings. The molecule has 1 aromatic carbocycles. The predicted molar refractivity (Wildman–Crippen MR) is 118 cm³/mol. The first kappa shape index (κ1) is 20.0. The van der Waals surface area contributed by atoms with Crippen LogP contribution in [0.3, 0.4) is 0 Å². The van der Waals surface area contributed by atoms with Crippen molar-refractivity contribution in [3.63, 3.8) is 0 Å². The topological polar surface area (TPSA) is 81.9 Å². The molecule has 7 heteroatoms. The Morgan fingerprint density at radius 3 is 2.71 bits per heavy atom. The molecule has 154 valence electrons. The van der Waals surface area contributed by atoms with E-state index in [4.69, 9.17) is 9.84 Å². The second kappa shape index (κ2) is 9.49. The van der Waals surface area contributed by atoms with Crippen molar-refractivity contribution in [2.24, 2.45) is 0 Å². The highest BCUT2D eigenvalue weighted by Gasteiger charge is 2.11. The fourth-order valence-electron chi connectivity index (χ4n) is 3.10. The number of carbonyl (C=O) groups excluding carboxylic acids is 1. The van der Waals surface area contributed by atoms with Crippen LogP contribution in [0.4, 0.5) is 0 Å². The van der Waals surface area contributed by atoms with Crippen molar-refractivity contribution < 1.29 is 9.53 Å². The second-order valence-corrected chi connectivity index (χ2v) is 6.68. The maximum Gasteiger partial charge on any atom is 0.244 e. The van der Waals surface area contributed by atoms with Crippen molar-refractivity contribution in [2.75, 3.05) is 7.11 Å². The number of hydrogen-bond acceptors (Lipinski definition) is 5. The normalized spacial score (nSPS) is 10.9. The van der Waals surface area contributed by atoms with E-state index in [-0.39, 0.29) is 5.91 Å². The molecule has 0 saturated carbocycles. The van der Waals surface area contributed by atoms with Crippen molar-refractivity contribution in [2.45, 2.75) is 6.54 Å². The Labute approximate surface area is 180 Å². The first-order chi connectivity index (χ1) is 15.2. The van der Waals surface area contributed by atoms with E-state index in [1.165, 1.54) is 6.08 Å². The van der Waals surface area contributed by atoms with Crippen LogP contribution in [0.25, 0.3) is 23.0 Å². The van der Waals surface area contributed by atoms with Crippen LogP contribution in [-0.2, 0) is 11.3 Å². The summed E-state index contributed by atoms with van der Waals surface area (Å²) in [5.74, 6) is 0.269. The highest BCUT2D eigenvalue weighted by Crippen LogP contribution is 2.24. The molecule has 7 nitrogen and oxygen atoms in total. The Kier molecular flexibility index (Phi) is 6.13. The highest BCUT2D eigenvalue weighted by molar-refractivity contribution is 5.92. The minimum absolute atomic E-state index is 0.226. The zero-order chi connectivity index (χ0) is 21.5. The molecule has 4 rings (SSSR count). The summed E-state index contributed by atoms with van der Waals surface area (Å²) >= 11 is 0. The maximum absolute atomic E-state index is 12.4. The van der Waals surface area contributed by atoms with E-state index in [2.05, 4.69) is 15.3 Å². The van der Waals surface area contributed by atoms with Crippen LogP contribution in [0.15, 0.2) is 85.5 Å². The molecule has 0 fully saturated rings. The van der Waals surface area contributed by atoms with Crippen molar-refractivity contribution in [3.05, 3.63) is 96.6 Å². The number of carbonyl (C=O) groups is 1. The summed E-state index contributed by atoms with van der Waals surface area (Å²) in [6, 6.07) is 17.3. The molecule has 0 unspecified atom stereocenters. The number of nitrogens with zero attached hydrogens (tertiary/aromatic N) is 4. The summed E-state index contributed by atoms with van der Waals surface area (Å²) in [5.41, 5.74) is 4.17. The summed E-state index contributed by atoms with van der Waals surface area (Å²) in [6.45, 7) is 0.318. The Morgan fingerprint density at radius 1 is 1.10 bits per heavy atom. The van der Waals surface area contributed by atoms with Gasteiger partial charge in [0.1, 0.15) is 5.69 Å². The van der Waals surface area contributed by atoms with E-state index in [1.54, 1.807) is 42.5 Å². The summed E-state index contributed by atoms with van der Waals surface area (Å²) in [7, 11) is 1.55. The molecule has 1 amide bonds. The van der Waals surface area contributed by atoms with Gasteiger partial charge in [-0.05, 0) is 36.4 Å². The number of ether oxygens (including phenoxy) is 1. The number of pyridine rings is 2. The van der Waals surface area contributed by atoms with Gasteiger partial charge in [-0.3, -0.25) is 9.78 Å². The smallest absolute Gasteiger partial charge is 0.244 e. The summed E-state index contributed by atoms with van der Waals surface area (Å²) < 4.78 is 7.01. The average Bonchev–Trinajstić information content (AvgIpc) is 3.27. The fraction of sp³-hybridized carbons (Fsp3) is 0.0833. The van der Waals surface area contributed by atoms with Gasteiger partial charge in [-0.25, -0.2) is 9.67 Å². The van der Waals surface area contributed by atoms with Gasteiger partial charge in [-0.1, -0.05) is 24.3 Å². The zero-order valence-electron chi connectivity index (χ0n) is 17.0. The van der Waals surface area contributed by atoms with Crippen molar-refractivity contribution in [1.29, 1.82) is 0 Å². The van der Waals surface area contributed by atoms with E-state index in [0.29, 0.717) is 12.4 Å². The molecule has 0 saturated heterocycles. The van der Waals surface area contributed by atoms with Gasteiger partial charge in [0.25, 0.3) is 0 Å². The minimum atomic E-state index is -0.226. The van der Waals surface area contributed by atoms with Gasteiger partial charge in [-0.2, -0.15) is 5.10 Å². The lowest BCUT2D eigenvalue weighted by atomic mass is 10.1. The van der Waals surface area contributed by atoms with Crippen molar-refractivity contribution in [1.82, 2.24) is 25.1 Å². The van der Waals surface area contributed by atoms with Gasteiger partial charge < -0.3 is 10.1 Å². The first-order valence-electron chi connectivity index (χ1n) is 9.74. The lowest BCUT2D eigenvalue weighted by Gasteiger charge is -2.06. The third-order valence-electron chi connectivity index (χ3n) is 4.61. The molecule has 0 radical (unpaired) electrons. The largest absolute Gasteiger partial charge is 0.481 e. The zero-order valence-corrected chi connectivity index (χ0v) is 17.0. The molecule has 0 bridgehead atoms. The molecular weight excluding hydrogens is 390 g/mol. The quantitative estimate of drug-likeness (QED) is 0.469.